The summed E-state index contributed by atoms with van der Waals surface area (Å²) in [5.41, 5.74) is 3.53. The number of morpholine rings is 1. The molecule has 248 valence electrons. The summed E-state index contributed by atoms with van der Waals surface area (Å²) < 4.78 is 32.8. The lowest BCUT2D eigenvalue weighted by atomic mass is 9.58. The van der Waals surface area contributed by atoms with Gasteiger partial charge in [-0.2, -0.15) is 5.26 Å². The second kappa shape index (κ2) is 11.8. The van der Waals surface area contributed by atoms with E-state index in [2.05, 4.69) is 15.9 Å². The number of rotatable bonds is 5. The van der Waals surface area contributed by atoms with Crippen LogP contribution in [0.5, 0.6) is 5.75 Å². The third-order valence-electron chi connectivity index (χ3n) is 10.6. The maximum Gasteiger partial charge on any atom is 0.340 e. The van der Waals surface area contributed by atoms with Crippen LogP contribution < -0.4 is 14.5 Å². The Morgan fingerprint density at radius 2 is 1.75 bits per heavy atom. The van der Waals surface area contributed by atoms with Gasteiger partial charge in [0.25, 0.3) is 5.91 Å². The van der Waals surface area contributed by atoms with Crippen molar-refractivity contribution in [1.29, 1.82) is 5.26 Å². The molecule has 3 aromatic carbocycles. The lowest BCUT2D eigenvalue weighted by Crippen LogP contribution is -2.62. The van der Waals surface area contributed by atoms with Gasteiger partial charge in [0.15, 0.2) is 6.73 Å². The fourth-order valence-electron chi connectivity index (χ4n) is 8.28. The average molecular weight is 692 g/mol. The molecule has 1 saturated carbocycles. The van der Waals surface area contributed by atoms with Crippen LogP contribution in [0.1, 0.15) is 52.0 Å². The van der Waals surface area contributed by atoms with Gasteiger partial charge in [-0.3, -0.25) is 4.79 Å². The van der Waals surface area contributed by atoms with E-state index in [1.165, 1.54) is 18.1 Å². The van der Waals surface area contributed by atoms with Crippen molar-refractivity contribution >= 4 is 46.5 Å². The van der Waals surface area contributed by atoms with Crippen molar-refractivity contribution in [2.75, 3.05) is 49.9 Å². The van der Waals surface area contributed by atoms with Crippen LogP contribution in [0.15, 0.2) is 42.5 Å². The molecule has 8 rings (SSSR count). The zero-order chi connectivity index (χ0) is 33.3. The van der Waals surface area contributed by atoms with Crippen molar-refractivity contribution in [2.24, 2.45) is 11.3 Å². The zero-order valence-electron chi connectivity index (χ0n) is 26.3. The summed E-state index contributed by atoms with van der Waals surface area (Å²) in [4.78, 5) is 32.4. The second-order valence-electron chi connectivity index (χ2n) is 13.6. The van der Waals surface area contributed by atoms with Gasteiger partial charge in [-0.1, -0.05) is 41.4 Å². The zero-order valence-corrected chi connectivity index (χ0v) is 27.8. The molecular formula is C36H33Cl2FN4O5. The Morgan fingerprint density at radius 3 is 2.42 bits per heavy atom. The number of ether oxygens (including phenoxy) is 3. The van der Waals surface area contributed by atoms with Crippen molar-refractivity contribution in [1.82, 2.24) is 4.90 Å². The van der Waals surface area contributed by atoms with Gasteiger partial charge in [0.05, 0.1) is 71.9 Å². The number of amides is 1. The highest BCUT2D eigenvalue weighted by molar-refractivity contribution is 6.40. The molecule has 3 saturated heterocycles. The lowest BCUT2D eigenvalue weighted by Gasteiger charge is -2.58. The Morgan fingerprint density at radius 1 is 1.04 bits per heavy atom. The summed E-state index contributed by atoms with van der Waals surface area (Å²) in [6, 6.07) is 14.4. The standard InChI is InChI=1S/C36H33Cl2FN4O5/c1-46-35(45)27-9-30(39)26(10-31(27)43-22-5-6-23(43)16-47-15-22)25-4-2-3-21-14-41(19-48-33(21)25)34(44)32-28(37)7-24(8-29(32)38)42-17-36(18-42)11-20(12-36)13-40/h2-4,7-10,20,22-23H,5-6,11-12,14-19H2,1H3. The average Bonchev–Trinajstić information content (AvgIpc) is 3.29. The predicted molar refractivity (Wildman–Crippen MR) is 178 cm³/mol. The molecule has 1 spiro atoms. The Balaban J connectivity index is 1.05. The summed E-state index contributed by atoms with van der Waals surface area (Å²) in [5, 5.41) is 9.65. The van der Waals surface area contributed by atoms with E-state index in [-0.39, 0.29) is 63.8 Å². The van der Waals surface area contributed by atoms with Crippen molar-refractivity contribution in [3.8, 4) is 22.9 Å². The van der Waals surface area contributed by atoms with E-state index < -0.39 is 11.8 Å². The third-order valence-corrected chi connectivity index (χ3v) is 11.2. The molecule has 0 radical (unpaired) electrons. The van der Waals surface area contributed by atoms with E-state index >= 15 is 4.39 Å². The maximum absolute atomic E-state index is 15.9. The number of anilines is 2. The molecule has 1 aliphatic carbocycles. The number of esters is 1. The molecule has 5 aliphatic rings. The number of carbonyl (C=O) groups is 2. The quantitative estimate of drug-likeness (QED) is 0.274. The van der Waals surface area contributed by atoms with Crippen LogP contribution in [0.25, 0.3) is 11.1 Å². The summed E-state index contributed by atoms with van der Waals surface area (Å²) in [6.45, 7) is 2.87. The molecule has 4 aliphatic heterocycles. The molecule has 4 heterocycles. The topological polar surface area (TPSA) is 95.3 Å². The Kier molecular flexibility index (Phi) is 7.70. The van der Waals surface area contributed by atoms with Crippen molar-refractivity contribution in [3.63, 3.8) is 0 Å². The number of benzene rings is 3. The van der Waals surface area contributed by atoms with Crippen molar-refractivity contribution < 1.29 is 28.2 Å². The first-order valence-electron chi connectivity index (χ1n) is 16.1. The number of hydrogen-bond acceptors (Lipinski definition) is 8. The van der Waals surface area contributed by atoms with Gasteiger partial charge in [-0.05, 0) is 49.9 Å². The van der Waals surface area contributed by atoms with E-state index in [9.17, 15) is 9.59 Å². The number of hydrogen-bond donors (Lipinski definition) is 0. The lowest BCUT2D eigenvalue weighted by molar-refractivity contribution is 0.0510. The SMILES string of the molecule is COC(=O)c1cc(F)c(-c2cccc3c2OCN(C(=O)c2c(Cl)cc(N4CC5(CC(C#N)C5)C4)cc2Cl)C3)cc1N1C2CCC1COC2. The predicted octanol–water partition coefficient (Wildman–Crippen LogP) is 6.69. The van der Waals surface area contributed by atoms with Crippen LogP contribution in [0, 0.1) is 28.5 Å². The second-order valence-corrected chi connectivity index (χ2v) is 14.4. The number of nitriles is 1. The van der Waals surface area contributed by atoms with Gasteiger partial charge >= 0.3 is 5.97 Å². The summed E-state index contributed by atoms with van der Waals surface area (Å²) in [5.74, 6) is -0.948. The van der Waals surface area contributed by atoms with Gasteiger partial charge in [-0.15, -0.1) is 0 Å². The minimum Gasteiger partial charge on any atom is -0.472 e. The fourth-order valence-corrected chi connectivity index (χ4v) is 8.92. The first-order chi connectivity index (χ1) is 23.2. The van der Waals surface area contributed by atoms with Gasteiger partial charge < -0.3 is 28.9 Å². The minimum absolute atomic E-state index is 0.0844. The Hall–Kier alpha value is -4.04. The molecule has 3 aromatic rings. The molecule has 9 nitrogen and oxygen atoms in total. The molecule has 2 unspecified atom stereocenters. The highest BCUT2D eigenvalue weighted by atomic mass is 35.5. The van der Waals surface area contributed by atoms with Crippen LogP contribution in [0.2, 0.25) is 10.0 Å². The monoisotopic (exact) mass is 690 g/mol. The van der Waals surface area contributed by atoms with E-state index in [0.29, 0.717) is 41.3 Å². The molecule has 2 bridgehead atoms. The molecule has 48 heavy (non-hydrogen) atoms. The first-order valence-corrected chi connectivity index (χ1v) is 16.9. The number of methoxy groups -OCH3 is 1. The van der Waals surface area contributed by atoms with E-state index in [1.54, 1.807) is 30.3 Å². The molecule has 1 amide bonds. The molecule has 2 atom stereocenters. The van der Waals surface area contributed by atoms with E-state index in [0.717, 1.165) is 44.5 Å². The number of carbonyl (C=O) groups excluding carboxylic acids is 2. The molecule has 0 N–H and O–H groups in total. The smallest absolute Gasteiger partial charge is 0.340 e. The number of fused-ring (bicyclic) bond motifs is 3. The van der Waals surface area contributed by atoms with Gasteiger partial charge in [-0.25, -0.2) is 9.18 Å². The van der Waals surface area contributed by atoms with Gasteiger partial charge in [0.2, 0.25) is 0 Å². The number of para-hydroxylation sites is 1. The van der Waals surface area contributed by atoms with Gasteiger partial charge in [0, 0.05) is 46.8 Å². The first kappa shape index (κ1) is 31.2. The van der Waals surface area contributed by atoms with Crippen LogP contribution in [0.3, 0.4) is 0 Å². The maximum atomic E-state index is 15.9. The van der Waals surface area contributed by atoms with Crippen LogP contribution in [-0.2, 0) is 16.0 Å². The minimum atomic E-state index is -0.604. The fraction of sp³-hybridized carbons (Fsp3) is 0.417. The summed E-state index contributed by atoms with van der Waals surface area (Å²) >= 11 is 13.4. The van der Waals surface area contributed by atoms with Gasteiger partial charge in [0.1, 0.15) is 11.6 Å². The third kappa shape index (κ3) is 5.06. The molecule has 12 heteroatoms. The largest absolute Gasteiger partial charge is 0.472 e. The van der Waals surface area contributed by atoms with Crippen molar-refractivity contribution in [3.05, 3.63) is 75.0 Å². The Labute approximate surface area is 287 Å². The molecule has 4 fully saturated rings. The van der Waals surface area contributed by atoms with E-state index in [1.807, 2.05) is 6.07 Å². The number of nitrogens with zero attached hydrogens (tertiary/aromatic N) is 4. The highest BCUT2D eigenvalue weighted by Crippen LogP contribution is 2.53. The van der Waals surface area contributed by atoms with Crippen LogP contribution in [-0.4, -0.2) is 69.0 Å². The van der Waals surface area contributed by atoms with E-state index in [4.69, 9.17) is 42.7 Å². The molecule has 0 aromatic heterocycles. The Bertz CT molecular complexity index is 1850. The number of halogens is 3. The highest BCUT2D eigenvalue weighted by Gasteiger charge is 2.52. The van der Waals surface area contributed by atoms with Crippen LogP contribution in [0.4, 0.5) is 15.8 Å². The summed E-state index contributed by atoms with van der Waals surface area (Å²) in [7, 11) is 1.29. The van der Waals surface area contributed by atoms with Crippen LogP contribution >= 0.6 is 23.2 Å². The van der Waals surface area contributed by atoms with Crippen molar-refractivity contribution in [2.45, 2.75) is 44.3 Å². The summed E-state index contributed by atoms with van der Waals surface area (Å²) in [6.07, 6.45) is 3.67. The molecular weight excluding hydrogens is 658 g/mol. The normalized spacial score (nSPS) is 22.4.